The Hall–Kier alpha value is -1.95. The van der Waals surface area contributed by atoms with Gasteiger partial charge in [-0.15, -0.1) is 0 Å². The number of halogens is 1. The topological polar surface area (TPSA) is 66.8 Å². The SMILES string of the molecule is CC(C)(C)C1CCC2(CC1)OC[C@H](C(=O)O)N2C(=O)c1ccccc1F. The second-order valence-electron chi connectivity index (χ2n) is 8.41. The summed E-state index contributed by atoms with van der Waals surface area (Å²) in [4.78, 5) is 26.1. The second kappa shape index (κ2) is 6.65. The van der Waals surface area contributed by atoms with Crippen LogP contribution in [0.25, 0.3) is 0 Å². The maximum absolute atomic E-state index is 14.2. The third kappa shape index (κ3) is 3.22. The van der Waals surface area contributed by atoms with Gasteiger partial charge in [0.1, 0.15) is 11.5 Å². The van der Waals surface area contributed by atoms with Crippen LogP contribution in [0.5, 0.6) is 0 Å². The van der Waals surface area contributed by atoms with Crippen LogP contribution in [-0.4, -0.2) is 40.3 Å². The van der Waals surface area contributed by atoms with Gasteiger partial charge in [-0.2, -0.15) is 0 Å². The van der Waals surface area contributed by atoms with Gasteiger partial charge in [-0.05, 0) is 49.1 Å². The normalized spacial score (nSPS) is 29.2. The molecule has 1 saturated carbocycles. The molecule has 3 rings (SSSR count). The molecule has 1 saturated heterocycles. The lowest BCUT2D eigenvalue weighted by atomic mass is 9.70. The zero-order valence-corrected chi connectivity index (χ0v) is 15.5. The van der Waals surface area contributed by atoms with Gasteiger partial charge in [0.05, 0.1) is 12.2 Å². The molecule has 26 heavy (non-hydrogen) atoms. The van der Waals surface area contributed by atoms with Crippen molar-refractivity contribution in [3.8, 4) is 0 Å². The van der Waals surface area contributed by atoms with Crippen LogP contribution in [0, 0.1) is 17.2 Å². The predicted molar refractivity (Wildman–Crippen MR) is 94.1 cm³/mol. The van der Waals surface area contributed by atoms with Gasteiger partial charge < -0.3 is 9.84 Å². The predicted octanol–water partition coefficient (Wildman–Crippen LogP) is 3.68. The van der Waals surface area contributed by atoms with Crippen molar-refractivity contribution in [2.75, 3.05) is 6.61 Å². The molecule has 0 aromatic heterocycles. The molecule has 1 aliphatic carbocycles. The summed E-state index contributed by atoms with van der Waals surface area (Å²) >= 11 is 0. The Kier molecular flexibility index (Phi) is 4.82. The molecular formula is C20H26FNO4. The van der Waals surface area contributed by atoms with E-state index in [1.54, 1.807) is 6.07 Å². The summed E-state index contributed by atoms with van der Waals surface area (Å²) in [6.45, 7) is 6.50. The molecule has 1 atom stereocenters. The molecule has 1 spiro atoms. The molecule has 1 amide bonds. The molecule has 2 fully saturated rings. The molecule has 1 aromatic rings. The highest BCUT2D eigenvalue weighted by atomic mass is 19.1. The van der Waals surface area contributed by atoms with E-state index < -0.39 is 29.5 Å². The van der Waals surface area contributed by atoms with E-state index in [0.29, 0.717) is 18.8 Å². The minimum atomic E-state index is -1.12. The van der Waals surface area contributed by atoms with Crippen LogP contribution in [0.15, 0.2) is 24.3 Å². The van der Waals surface area contributed by atoms with E-state index in [1.807, 2.05) is 0 Å². The first-order valence-corrected chi connectivity index (χ1v) is 9.11. The van der Waals surface area contributed by atoms with Gasteiger partial charge in [0.2, 0.25) is 0 Å². The number of nitrogens with zero attached hydrogens (tertiary/aromatic N) is 1. The van der Waals surface area contributed by atoms with E-state index in [0.717, 1.165) is 12.8 Å². The van der Waals surface area contributed by atoms with Crippen molar-refractivity contribution in [2.45, 2.75) is 58.2 Å². The first-order chi connectivity index (χ1) is 12.2. The van der Waals surface area contributed by atoms with Crippen molar-refractivity contribution in [2.24, 2.45) is 11.3 Å². The lowest BCUT2D eigenvalue weighted by molar-refractivity contribution is -0.144. The molecule has 1 heterocycles. The van der Waals surface area contributed by atoms with E-state index in [2.05, 4.69) is 20.8 Å². The number of carboxylic acids is 1. The zero-order valence-electron chi connectivity index (χ0n) is 15.5. The maximum Gasteiger partial charge on any atom is 0.328 e. The van der Waals surface area contributed by atoms with E-state index in [1.165, 1.54) is 23.1 Å². The molecule has 0 radical (unpaired) electrons. The van der Waals surface area contributed by atoms with Gasteiger partial charge in [0, 0.05) is 0 Å². The van der Waals surface area contributed by atoms with Crippen molar-refractivity contribution >= 4 is 11.9 Å². The quantitative estimate of drug-likeness (QED) is 0.870. The second-order valence-corrected chi connectivity index (χ2v) is 8.41. The molecule has 142 valence electrons. The average Bonchev–Trinajstić information content (AvgIpc) is 2.93. The van der Waals surface area contributed by atoms with Gasteiger partial charge >= 0.3 is 5.97 Å². The Bertz CT molecular complexity index is 704. The molecule has 1 aliphatic heterocycles. The van der Waals surface area contributed by atoms with Gasteiger partial charge in [0.25, 0.3) is 5.91 Å². The molecule has 1 aromatic carbocycles. The smallest absolute Gasteiger partial charge is 0.328 e. The third-order valence-electron chi connectivity index (χ3n) is 5.86. The summed E-state index contributed by atoms with van der Waals surface area (Å²) in [5.74, 6) is -1.90. The van der Waals surface area contributed by atoms with Crippen molar-refractivity contribution in [3.05, 3.63) is 35.6 Å². The highest BCUT2D eigenvalue weighted by Crippen LogP contribution is 2.47. The van der Waals surface area contributed by atoms with Gasteiger partial charge in [-0.1, -0.05) is 32.9 Å². The molecule has 6 heteroatoms. The van der Waals surface area contributed by atoms with Crippen LogP contribution in [-0.2, 0) is 9.53 Å². The monoisotopic (exact) mass is 363 g/mol. The van der Waals surface area contributed by atoms with Gasteiger partial charge in [0.15, 0.2) is 6.04 Å². The fourth-order valence-electron chi connectivity index (χ4n) is 4.26. The number of aliphatic carboxylic acids is 1. The summed E-state index contributed by atoms with van der Waals surface area (Å²) < 4.78 is 20.1. The first-order valence-electron chi connectivity index (χ1n) is 9.11. The molecule has 2 aliphatic rings. The molecule has 5 nitrogen and oxygen atoms in total. The Labute approximate surface area is 153 Å². The number of carboxylic acid groups (broad SMARTS) is 1. The highest BCUT2D eigenvalue weighted by molar-refractivity contribution is 5.97. The molecule has 0 bridgehead atoms. The molecule has 1 N–H and O–H groups in total. The Morgan fingerprint density at radius 1 is 1.23 bits per heavy atom. The highest BCUT2D eigenvalue weighted by Gasteiger charge is 2.55. The summed E-state index contributed by atoms with van der Waals surface area (Å²) in [5, 5.41) is 9.58. The lowest BCUT2D eigenvalue weighted by Gasteiger charge is -2.46. The number of carbonyl (C=O) groups excluding carboxylic acids is 1. The fourth-order valence-corrected chi connectivity index (χ4v) is 4.26. The average molecular weight is 363 g/mol. The Morgan fingerprint density at radius 2 is 1.85 bits per heavy atom. The Morgan fingerprint density at radius 3 is 2.38 bits per heavy atom. The van der Waals surface area contributed by atoms with E-state index in [4.69, 9.17) is 4.74 Å². The summed E-state index contributed by atoms with van der Waals surface area (Å²) in [5.41, 5.74) is -0.918. The first kappa shape index (κ1) is 18.8. The van der Waals surface area contributed by atoms with E-state index in [9.17, 15) is 19.1 Å². The summed E-state index contributed by atoms with van der Waals surface area (Å²) in [6, 6.07) is 4.60. The lowest BCUT2D eigenvalue weighted by Crippen LogP contribution is -2.55. The fraction of sp³-hybridized carbons (Fsp3) is 0.600. The minimum absolute atomic E-state index is 0.0598. The molecule has 0 unspecified atom stereocenters. The van der Waals surface area contributed by atoms with E-state index in [-0.39, 0.29) is 17.6 Å². The standard InChI is InChI=1S/C20H26FNO4/c1-19(2,3)13-8-10-20(11-9-13)22(16(12-26-20)18(24)25)17(23)14-6-4-5-7-15(14)21/h4-7,13,16H,8-12H2,1-3H3,(H,24,25)/t13?,16-,20?/m1/s1. The number of ether oxygens (including phenoxy) is 1. The number of benzene rings is 1. The van der Waals surface area contributed by atoms with Crippen LogP contribution in [0.1, 0.15) is 56.8 Å². The molecular weight excluding hydrogens is 337 g/mol. The van der Waals surface area contributed by atoms with Crippen molar-refractivity contribution < 1.29 is 23.8 Å². The number of hydrogen-bond acceptors (Lipinski definition) is 3. The number of amides is 1. The third-order valence-corrected chi connectivity index (χ3v) is 5.86. The minimum Gasteiger partial charge on any atom is -0.480 e. The van der Waals surface area contributed by atoms with Crippen molar-refractivity contribution in [1.82, 2.24) is 4.90 Å². The zero-order chi connectivity index (χ0) is 19.1. The van der Waals surface area contributed by atoms with E-state index >= 15 is 0 Å². The van der Waals surface area contributed by atoms with Gasteiger partial charge in [-0.25, -0.2) is 9.18 Å². The number of rotatable bonds is 2. The summed E-state index contributed by atoms with van der Waals surface area (Å²) in [6.07, 6.45) is 2.83. The summed E-state index contributed by atoms with van der Waals surface area (Å²) in [7, 11) is 0. The van der Waals surface area contributed by atoms with Gasteiger partial charge in [-0.3, -0.25) is 9.69 Å². The van der Waals surface area contributed by atoms with Crippen LogP contribution >= 0.6 is 0 Å². The van der Waals surface area contributed by atoms with Crippen LogP contribution in [0.4, 0.5) is 4.39 Å². The number of carbonyl (C=O) groups is 2. The van der Waals surface area contributed by atoms with Crippen LogP contribution in [0.3, 0.4) is 0 Å². The largest absolute Gasteiger partial charge is 0.480 e. The maximum atomic E-state index is 14.2. The van der Waals surface area contributed by atoms with Crippen LogP contribution < -0.4 is 0 Å². The van der Waals surface area contributed by atoms with Crippen molar-refractivity contribution in [1.29, 1.82) is 0 Å². The number of hydrogen-bond donors (Lipinski definition) is 1. The Balaban J connectivity index is 1.92. The van der Waals surface area contributed by atoms with Crippen LogP contribution in [0.2, 0.25) is 0 Å². The van der Waals surface area contributed by atoms with Crippen molar-refractivity contribution in [3.63, 3.8) is 0 Å².